The van der Waals surface area contributed by atoms with Gasteiger partial charge in [0, 0.05) is 18.7 Å². The van der Waals surface area contributed by atoms with Crippen molar-refractivity contribution in [2.45, 2.75) is 51.9 Å². The SMILES string of the molecule is CCCCCCc1nnc(CCCCl)s1. The van der Waals surface area contributed by atoms with Crippen LogP contribution in [0.2, 0.25) is 0 Å². The van der Waals surface area contributed by atoms with Crippen LogP contribution in [0.3, 0.4) is 0 Å². The number of nitrogens with zero attached hydrogens (tertiary/aromatic N) is 2. The van der Waals surface area contributed by atoms with E-state index in [1.807, 2.05) is 0 Å². The lowest BCUT2D eigenvalue weighted by atomic mass is 10.2. The zero-order valence-electron chi connectivity index (χ0n) is 9.34. The Morgan fingerprint density at radius 1 is 1.00 bits per heavy atom. The summed E-state index contributed by atoms with van der Waals surface area (Å²) in [5, 5.41) is 10.7. The molecule has 1 rings (SSSR count). The van der Waals surface area contributed by atoms with Gasteiger partial charge in [-0.2, -0.15) is 0 Å². The van der Waals surface area contributed by atoms with E-state index in [0.717, 1.165) is 24.3 Å². The van der Waals surface area contributed by atoms with Crippen molar-refractivity contribution in [2.75, 3.05) is 5.88 Å². The highest BCUT2D eigenvalue weighted by atomic mass is 35.5. The standard InChI is InChI=1S/C11H19ClN2S/c1-2-3-4-5-7-10-13-14-11(15-10)8-6-9-12/h2-9H2,1H3. The van der Waals surface area contributed by atoms with E-state index in [-0.39, 0.29) is 0 Å². The predicted octanol–water partition coefficient (Wildman–Crippen LogP) is 3.83. The van der Waals surface area contributed by atoms with Gasteiger partial charge < -0.3 is 0 Å². The van der Waals surface area contributed by atoms with E-state index < -0.39 is 0 Å². The topological polar surface area (TPSA) is 25.8 Å². The van der Waals surface area contributed by atoms with Crippen molar-refractivity contribution in [3.8, 4) is 0 Å². The Morgan fingerprint density at radius 3 is 2.27 bits per heavy atom. The highest BCUT2D eigenvalue weighted by Crippen LogP contribution is 2.15. The molecule has 0 aliphatic rings. The first-order chi connectivity index (χ1) is 7.36. The van der Waals surface area contributed by atoms with Crippen molar-refractivity contribution >= 4 is 22.9 Å². The number of halogens is 1. The first-order valence-corrected chi connectivity index (χ1v) is 7.09. The summed E-state index contributed by atoms with van der Waals surface area (Å²) in [4.78, 5) is 0. The summed E-state index contributed by atoms with van der Waals surface area (Å²) >= 11 is 7.38. The number of alkyl halides is 1. The molecule has 1 aromatic heterocycles. The predicted molar refractivity (Wildman–Crippen MR) is 66.8 cm³/mol. The number of rotatable bonds is 8. The summed E-state index contributed by atoms with van der Waals surface area (Å²) in [6.07, 6.45) is 8.26. The summed E-state index contributed by atoms with van der Waals surface area (Å²) in [5.41, 5.74) is 0. The molecule has 1 aromatic rings. The van der Waals surface area contributed by atoms with Crippen LogP contribution >= 0.6 is 22.9 Å². The molecule has 0 aliphatic heterocycles. The Labute approximate surface area is 101 Å². The maximum absolute atomic E-state index is 5.63. The van der Waals surface area contributed by atoms with Gasteiger partial charge in [0.05, 0.1) is 0 Å². The molecule has 1 heterocycles. The lowest BCUT2D eigenvalue weighted by Crippen LogP contribution is -1.85. The van der Waals surface area contributed by atoms with E-state index in [2.05, 4.69) is 17.1 Å². The van der Waals surface area contributed by atoms with Crippen LogP contribution in [0.15, 0.2) is 0 Å². The minimum Gasteiger partial charge on any atom is -0.144 e. The maximum Gasteiger partial charge on any atom is 0.117 e. The molecule has 0 amide bonds. The van der Waals surface area contributed by atoms with Crippen molar-refractivity contribution < 1.29 is 0 Å². The van der Waals surface area contributed by atoms with Crippen molar-refractivity contribution in [1.82, 2.24) is 10.2 Å². The van der Waals surface area contributed by atoms with Crippen LogP contribution in [0.25, 0.3) is 0 Å². The van der Waals surface area contributed by atoms with E-state index in [0.29, 0.717) is 5.88 Å². The van der Waals surface area contributed by atoms with Crippen molar-refractivity contribution in [2.24, 2.45) is 0 Å². The molecule has 0 saturated heterocycles. The summed E-state index contributed by atoms with van der Waals surface area (Å²) in [5.74, 6) is 0.714. The van der Waals surface area contributed by atoms with E-state index in [1.54, 1.807) is 11.3 Å². The Balaban J connectivity index is 2.20. The lowest BCUT2D eigenvalue weighted by molar-refractivity contribution is 0.662. The lowest BCUT2D eigenvalue weighted by Gasteiger charge is -1.94. The van der Waals surface area contributed by atoms with Crippen molar-refractivity contribution in [1.29, 1.82) is 0 Å². The van der Waals surface area contributed by atoms with Crippen LogP contribution in [-0.2, 0) is 12.8 Å². The third-order valence-electron chi connectivity index (χ3n) is 2.28. The molecule has 0 aromatic carbocycles. The van der Waals surface area contributed by atoms with Gasteiger partial charge in [0.1, 0.15) is 10.0 Å². The summed E-state index contributed by atoms with van der Waals surface area (Å²) < 4.78 is 0. The molecule has 0 bridgehead atoms. The molecule has 0 fully saturated rings. The number of hydrogen-bond acceptors (Lipinski definition) is 3. The van der Waals surface area contributed by atoms with Crippen molar-refractivity contribution in [3.63, 3.8) is 0 Å². The fraction of sp³-hybridized carbons (Fsp3) is 0.818. The van der Waals surface area contributed by atoms with Gasteiger partial charge >= 0.3 is 0 Å². The summed E-state index contributed by atoms with van der Waals surface area (Å²) in [6, 6.07) is 0. The van der Waals surface area contributed by atoms with E-state index in [1.165, 1.54) is 30.7 Å². The monoisotopic (exact) mass is 246 g/mol. The molecule has 0 aliphatic carbocycles. The van der Waals surface area contributed by atoms with Gasteiger partial charge in [-0.1, -0.05) is 26.2 Å². The average Bonchev–Trinajstić information content (AvgIpc) is 2.69. The van der Waals surface area contributed by atoms with Gasteiger partial charge in [0.2, 0.25) is 0 Å². The van der Waals surface area contributed by atoms with E-state index in [4.69, 9.17) is 11.6 Å². The molecule has 2 nitrogen and oxygen atoms in total. The molecule has 0 N–H and O–H groups in total. The maximum atomic E-state index is 5.63. The second-order valence-electron chi connectivity index (χ2n) is 3.69. The van der Waals surface area contributed by atoms with Gasteiger partial charge in [-0.05, 0) is 12.8 Å². The molecular weight excluding hydrogens is 228 g/mol. The molecule has 0 spiro atoms. The van der Waals surface area contributed by atoms with Crippen LogP contribution in [0.5, 0.6) is 0 Å². The molecule has 0 atom stereocenters. The average molecular weight is 247 g/mol. The van der Waals surface area contributed by atoms with Gasteiger partial charge in [0.15, 0.2) is 0 Å². The second-order valence-corrected chi connectivity index (χ2v) is 5.22. The number of aryl methyl sites for hydroxylation is 2. The highest BCUT2D eigenvalue weighted by Gasteiger charge is 2.03. The summed E-state index contributed by atoms with van der Waals surface area (Å²) in [6.45, 7) is 2.23. The first-order valence-electron chi connectivity index (χ1n) is 5.74. The minimum atomic E-state index is 0.714. The van der Waals surface area contributed by atoms with Gasteiger partial charge in [-0.15, -0.1) is 33.1 Å². The molecule has 0 radical (unpaired) electrons. The number of aromatic nitrogens is 2. The normalized spacial score (nSPS) is 10.8. The van der Waals surface area contributed by atoms with Crippen LogP contribution in [-0.4, -0.2) is 16.1 Å². The van der Waals surface area contributed by atoms with Crippen LogP contribution in [0.1, 0.15) is 49.0 Å². The van der Waals surface area contributed by atoms with Gasteiger partial charge in [0.25, 0.3) is 0 Å². The van der Waals surface area contributed by atoms with Crippen molar-refractivity contribution in [3.05, 3.63) is 10.0 Å². The molecule has 0 unspecified atom stereocenters. The van der Waals surface area contributed by atoms with Crippen LogP contribution in [0, 0.1) is 0 Å². The van der Waals surface area contributed by atoms with Gasteiger partial charge in [-0.25, -0.2) is 0 Å². The largest absolute Gasteiger partial charge is 0.144 e. The zero-order chi connectivity index (χ0) is 10.9. The third-order valence-corrected chi connectivity index (χ3v) is 3.59. The van der Waals surface area contributed by atoms with Gasteiger partial charge in [-0.3, -0.25) is 0 Å². The Kier molecular flexibility index (Phi) is 6.94. The second kappa shape index (κ2) is 8.05. The van der Waals surface area contributed by atoms with E-state index in [9.17, 15) is 0 Å². The smallest absolute Gasteiger partial charge is 0.117 e. The molecular formula is C11H19ClN2S. The summed E-state index contributed by atoms with van der Waals surface area (Å²) in [7, 11) is 0. The third kappa shape index (κ3) is 5.47. The number of hydrogen-bond donors (Lipinski definition) is 0. The number of unbranched alkanes of at least 4 members (excludes halogenated alkanes) is 3. The van der Waals surface area contributed by atoms with Crippen LogP contribution in [0.4, 0.5) is 0 Å². The highest BCUT2D eigenvalue weighted by molar-refractivity contribution is 7.11. The fourth-order valence-corrected chi connectivity index (χ4v) is 2.47. The van der Waals surface area contributed by atoms with Crippen LogP contribution < -0.4 is 0 Å². The quantitative estimate of drug-likeness (QED) is 0.515. The molecule has 0 saturated carbocycles. The Morgan fingerprint density at radius 2 is 1.67 bits per heavy atom. The Hall–Kier alpha value is -0.150. The van der Waals surface area contributed by atoms with E-state index >= 15 is 0 Å². The molecule has 86 valence electrons. The minimum absolute atomic E-state index is 0.714. The zero-order valence-corrected chi connectivity index (χ0v) is 10.9. The molecule has 4 heteroatoms. The molecule has 15 heavy (non-hydrogen) atoms. The first kappa shape index (κ1) is 12.9. The Bertz CT molecular complexity index is 263. The fourth-order valence-electron chi connectivity index (χ4n) is 1.41.